The van der Waals surface area contributed by atoms with Gasteiger partial charge in [-0.15, -0.1) is 5.10 Å². The van der Waals surface area contributed by atoms with Gasteiger partial charge in [0.2, 0.25) is 5.78 Å². The molecule has 1 aromatic heterocycles. The number of fused-ring (bicyclic) bond motifs is 3. The summed E-state index contributed by atoms with van der Waals surface area (Å²) in [5, 5.41) is 7.79. The van der Waals surface area contributed by atoms with Crippen LogP contribution in [-0.4, -0.2) is 24.6 Å². The van der Waals surface area contributed by atoms with Gasteiger partial charge in [0.15, 0.2) is 5.82 Å². The average molecular weight is 171 g/mol. The summed E-state index contributed by atoms with van der Waals surface area (Å²) in [5.41, 5.74) is 0.922. The molecule has 0 atom stereocenters. The van der Waals surface area contributed by atoms with Crippen molar-refractivity contribution in [3.63, 3.8) is 0 Å². The fraction of sp³-hybridized carbons (Fsp3) is 0. The molecule has 2 aliphatic heterocycles. The first-order chi connectivity index (χ1) is 6.45. The molecule has 0 fully saturated rings. The molecule has 0 spiro atoms. The molecule has 1 aromatic rings. The van der Waals surface area contributed by atoms with Crippen molar-refractivity contribution in [3.05, 3.63) is 30.9 Å². The Bertz CT molecular complexity index is 529. The lowest BCUT2D eigenvalue weighted by atomic mass is 10.3. The van der Waals surface area contributed by atoms with Crippen LogP contribution in [0.5, 0.6) is 0 Å². The minimum absolute atomic E-state index is 0.635. The second-order valence-corrected chi connectivity index (χ2v) is 2.67. The van der Waals surface area contributed by atoms with Crippen molar-refractivity contribution in [1.82, 2.24) is 24.6 Å². The van der Waals surface area contributed by atoms with Gasteiger partial charge in [0, 0.05) is 18.6 Å². The SMILES string of the molecule is c1cnc2ncc3cnnc-3n2c1. The van der Waals surface area contributed by atoms with Crippen LogP contribution >= 0.6 is 0 Å². The Labute approximate surface area is 73.4 Å². The second kappa shape index (κ2) is 2.22. The van der Waals surface area contributed by atoms with E-state index in [1.165, 1.54) is 0 Å². The third-order valence-electron chi connectivity index (χ3n) is 1.88. The van der Waals surface area contributed by atoms with Crippen LogP contribution in [0.3, 0.4) is 0 Å². The topological polar surface area (TPSA) is 56.0 Å². The van der Waals surface area contributed by atoms with E-state index in [4.69, 9.17) is 0 Å². The molecule has 3 rings (SSSR count). The molecule has 0 saturated heterocycles. The van der Waals surface area contributed by atoms with Crippen LogP contribution in [0.15, 0.2) is 30.9 Å². The minimum Gasteiger partial charge on any atom is -0.268 e. The monoisotopic (exact) mass is 171 g/mol. The first-order valence-corrected chi connectivity index (χ1v) is 3.84. The zero-order valence-corrected chi connectivity index (χ0v) is 6.62. The molecule has 13 heavy (non-hydrogen) atoms. The Kier molecular flexibility index (Phi) is 1.11. The van der Waals surface area contributed by atoms with Gasteiger partial charge in [-0.3, -0.25) is 4.40 Å². The van der Waals surface area contributed by atoms with E-state index in [0.29, 0.717) is 5.78 Å². The molecule has 0 radical (unpaired) electrons. The highest BCUT2D eigenvalue weighted by Gasteiger charge is 2.08. The first kappa shape index (κ1) is 6.47. The molecule has 3 heterocycles. The standard InChI is InChI=1S/C8H5N5/c1-2-9-8-10-4-6-5-11-12-7(6)13(8)3-1/h1-5H. The Morgan fingerprint density at radius 1 is 1.15 bits per heavy atom. The Hall–Kier alpha value is -2.04. The molecule has 62 valence electrons. The molecule has 0 amide bonds. The van der Waals surface area contributed by atoms with Crippen LogP contribution in [0.2, 0.25) is 0 Å². The van der Waals surface area contributed by atoms with Crippen molar-refractivity contribution in [2.75, 3.05) is 0 Å². The van der Waals surface area contributed by atoms with Crippen molar-refractivity contribution in [2.24, 2.45) is 0 Å². The van der Waals surface area contributed by atoms with Gasteiger partial charge in [0.1, 0.15) is 0 Å². The van der Waals surface area contributed by atoms with Crippen molar-refractivity contribution in [3.8, 4) is 11.4 Å². The summed E-state index contributed by atoms with van der Waals surface area (Å²) in [4.78, 5) is 8.25. The highest BCUT2D eigenvalue weighted by molar-refractivity contribution is 5.57. The Morgan fingerprint density at radius 2 is 2.15 bits per heavy atom. The maximum atomic E-state index is 4.15. The van der Waals surface area contributed by atoms with Crippen molar-refractivity contribution >= 4 is 5.78 Å². The summed E-state index contributed by atoms with van der Waals surface area (Å²) < 4.78 is 1.81. The lowest BCUT2D eigenvalue weighted by Gasteiger charge is -2.01. The highest BCUT2D eigenvalue weighted by atomic mass is 15.2. The summed E-state index contributed by atoms with van der Waals surface area (Å²) in [6.45, 7) is 0. The number of nitrogens with zero attached hydrogens (tertiary/aromatic N) is 5. The third-order valence-corrected chi connectivity index (χ3v) is 1.88. The van der Waals surface area contributed by atoms with Gasteiger partial charge in [-0.25, -0.2) is 9.97 Å². The summed E-state index contributed by atoms with van der Waals surface area (Å²) in [7, 11) is 0. The average Bonchev–Trinajstić information content (AvgIpc) is 2.65. The van der Waals surface area contributed by atoms with Gasteiger partial charge < -0.3 is 0 Å². The van der Waals surface area contributed by atoms with Crippen molar-refractivity contribution in [2.45, 2.75) is 0 Å². The Morgan fingerprint density at radius 3 is 3.15 bits per heavy atom. The van der Waals surface area contributed by atoms with Gasteiger partial charge in [-0.2, -0.15) is 5.10 Å². The fourth-order valence-corrected chi connectivity index (χ4v) is 1.29. The summed E-state index contributed by atoms with van der Waals surface area (Å²) in [5.74, 6) is 1.42. The second-order valence-electron chi connectivity index (χ2n) is 2.67. The Balaban J connectivity index is 2.57. The molecule has 0 aliphatic carbocycles. The fourth-order valence-electron chi connectivity index (χ4n) is 1.29. The van der Waals surface area contributed by atoms with Crippen LogP contribution in [0.25, 0.3) is 17.2 Å². The van der Waals surface area contributed by atoms with E-state index < -0.39 is 0 Å². The van der Waals surface area contributed by atoms with E-state index in [1.54, 1.807) is 18.6 Å². The number of aromatic nitrogens is 5. The number of hydrogen-bond donors (Lipinski definition) is 0. The highest BCUT2D eigenvalue weighted by Crippen LogP contribution is 2.16. The van der Waals surface area contributed by atoms with Crippen LogP contribution in [0.4, 0.5) is 0 Å². The largest absolute Gasteiger partial charge is 0.268 e. The zero-order chi connectivity index (χ0) is 8.67. The molecule has 5 heteroatoms. The van der Waals surface area contributed by atoms with Gasteiger partial charge in [-0.05, 0) is 6.07 Å². The molecule has 0 N–H and O–H groups in total. The van der Waals surface area contributed by atoms with E-state index >= 15 is 0 Å². The van der Waals surface area contributed by atoms with Crippen LogP contribution in [0, 0.1) is 0 Å². The molecule has 0 bridgehead atoms. The van der Waals surface area contributed by atoms with Gasteiger partial charge in [0.05, 0.1) is 11.8 Å². The summed E-state index contributed by atoms with van der Waals surface area (Å²) >= 11 is 0. The van der Waals surface area contributed by atoms with Gasteiger partial charge in [-0.1, -0.05) is 0 Å². The van der Waals surface area contributed by atoms with E-state index in [0.717, 1.165) is 11.4 Å². The molecular weight excluding hydrogens is 166 g/mol. The van der Waals surface area contributed by atoms with E-state index in [1.807, 2.05) is 16.7 Å². The maximum absolute atomic E-state index is 4.15. The maximum Gasteiger partial charge on any atom is 0.235 e. The van der Waals surface area contributed by atoms with Crippen molar-refractivity contribution in [1.29, 1.82) is 0 Å². The number of rotatable bonds is 0. The first-order valence-electron chi connectivity index (χ1n) is 3.84. The molecular formula is C8H5N5. The predicted molar refractivity (Wildman–Crippen MR) is 45.2 cm³/mol. The van der Waals surface area contributed by atoms with Crippen LogP contribution in [-0.2, 0) is 0 Å². The summed E-state index contributed by atoms with van der Waals surface area (Å²) in [6, 6.07) is 1.84. The molecule has 0 saturated carbocycles. The smallest absolute Gasteiger partial charge is 0.235 e. The molecule has 2 aliphatic rings. The minimum atomic E-state index is 0.635. The predicted octanol–water partition coefficient (Wildman–Crippen LogP) is 0.624. The third kappa shape index (κ3) is 0.807. The van der Waals surface area contributed by atoms with E-state index in [2.05, 4.69) is 20.2 Å². The molecule has 5 nitrogen and oxygen atoms in total. The lowest BCUT2D eigenvalue weighted by molar-refractivity contribution is 0.983. The number of hydrogen-bond acceptors (Lipinski definition) is 4. The van der Waals surface area contributed by atoms with Gasteiger partial charge >= 0.3 is 0 Å². The molecule has 0 unspecified atom stereocenters. The van der Waals surface area contributed by atoms with Crippen molar-refractivity contribution < 1.29 is 0 Å². The lowest BCUT2D eigenvalue weighted by Crippen LogP contribution is -1.98. The quantitative estimate of drug-likeness (QED) is 0.497. The van der Waals surface area contributed by atoms with Crippen LogP contribution < -0.4 is 0 Å². The van der Waals surface area contributed by atoms with Gasteiger partial charge in [0.25, 0.3) is 0 Å². The van der Waals surface area contributed by atoms with E-state index in [-0.39, 0.29) is 0 Å². The zero-order valence-electron chi connectivity index (χ0n) is 6.62. The summed E-state index contributed by atoms with van der Waals surface area (Å²) in [6.07, 6.45) is 6.97. The van der Waals surface area contributed by atoms with Crippen LogP contribution in [0.1, 0.15) is 0 Å². The van der Waals surface area contributed by atoms with E-state index in [9.17, 15) is 0 Å². The molecule has 0 aromatic carbocycles. The normalized spacial score (nSPS) is 11.1.